The van der Waals surface area contributed by atoms with Crippen LogP contribution in [0.4, 0.5) is 5.69 Å². The van der Waals surface area contributed by atoms with E-state index in [1.807, 2.05) is 42.7 Å². The Morgan fingerprint density at radius 1 is 1.05 bits per heavy atom. The van der Waals surface area contributed by atoms with Gasteiger partial charge in [0.25, 0.3) is 5.91 Å². The second-order valence-corrected chi connectivity index (χ2v) is 10.0. The monoisotopic (exact) mass is 506 g/mol. The predicted molar refractivity (Wildman–Crippen MR) is 148 cm³/mol. The van der Waals surface area contributed by atoms with Crippen LogP contribution in [0.3, 0.4) is 0 Å². The smallest absolute Gasteiger partial charge is 0.254 e. The van der Waals surface area contributed by atoms with Gasteiger partial charge in [-0.15, -0.1) is 0 Å². The number of pyridine rings is 1. The topological polar surface area (TPSA) is 99.5 Å². The molecule has 2 fully saturated rings. The first kappa shape index (κ1) is 24.2. The van der Waals surface area contributed by atoms with Crippen molar-refractivity contribution >= 4 is 22.6 Å². The maximum atomic E-state index is 12.6. The lowest BCUT2D eigenvalue weighted by Crippen LogP contribution is -2.53. The van der Waals surface area contributed by atoms with Gasteiger partial charge in [0.15, 0.2) is 0 Å². The molecule has 192 valence electrons. The molecule has 0 unspecified atom stereocenters. The fraction of sp³-hybridized carbons (Fsp3) is 0.300. The third kappa shape index (κ3) is 4.40. The van der Waals surface area contributed by atoms with Gasteiger partial charge < -0.3 is 24.8 Å². The molecule has 2 aliphatic rings. The molecule has 2 aliphatic heterocycles. The summed E-state index contributed by atoms with van der Waals surface area (Å²) in [5.74, 6) is -0.0614. The summed E-state index contributed by atoms with van der Waals surface area (Å²) in [6, 6.07) is 18.2. The van der Waals surface area contributed by atoms with Crippen molar-refractivity contribution in [3.8, 4) is 28.3 Å². The largest absolute Gasteiger partial charge is 0.389 e. The SMILES string of the molecule is CCN1CCN(c2ccc(-c3cnc4[nH]cc(-c5ccc(C(=O)N6CC(O)C6)cc5)c4c3)cc2C#N)CC1. The van der Waals surface area contributed by atoms with Gasteiger partial charge in [-0.3, -0.25) is 4.79 Å². The molecule has 0 bridgehead atoms. The molecule has 0 radical (unpaired) electrons. The Morgan fingerprint density at radius 3 is 2.47 bits per heavy atom. The van der Waals surface area contributed by atoms with Crippen molar-refractivity contribution in [1.29, 1.82) is 5.26 Å². The van der Waals surface area contributed by atoms with E-state index in [9.17, 15) is 15.2 Å². The molecule has 2 aromatic carbocycles. The number of benzene rings is 2. The highest BCUT2D eigenvalue weighted by atomic mass is 16.3. The number of hydrogen-bond donors (Lipinski definition) is 2. The Bertz CT molecular complexity index is 1520. The fourth-order valence-electron chi connectivity index (χ4n) is 5.38. The molecule has 4 aromatic rings. The highest BCUT2D eigenvalue weighted by Gasteiger charge is 2.29. The van der Waals surface area contributed by atoms with Gasteiger partial charge in [-0.05, 0) is 48.0 Å². The number of nitrogens with one attached hydrogen (secondary N) is 1. The predicted octanol–water partition coefficient (Wildman–Crippen LogP) is 3.73. The van der Waals surface area contributed by atoms with Crippen LogP contribution in [0.25, 0.3) is 33.3 Å². The molecule has 0 spiro atoms. The highest BCUT2D eigenvalue weighted by molar-refractivity contribution is 5.98. The molecular weight excluding hydrogens is 476 g/mol. The van der Waals surface area contributed by atoms with Crippen molar-refractivity contribution in [2.24, 2.45) is 0 Å². The number of β-amino-alcohol motifs (C(OH)–C–C–N with tert-alkyl or cyclic N) is 1. The number of hydrogen-bond acceptors (Lipinski definition) is 6. The molecule has 0 aliphatic carbocycles. The number of H-pyrrole nitrogens is 1. The first-order chi connectivity index (χ1) is 18.5. The summed E-state index contributed by atoms with van der Waals surface area (Å²) in [6.45, 7) is 7.89. The van der Waals surface area contributed by atoms with E-state index in [1.165, 1.54) is 0 Å². The van der Waals surface area contributed by atoms with Gasteiger partial charge in [-0.1, -0.05) is 25.1 Å². The minimum atomic E-state index is -0.414. The van der Waals surface area contributed by atoms with E-state index in [0.717, 1.165) is 71.7 Å². The Morgan fingerprint density at radius 2 is 1.79 bits per heavy atom. The van der Waals surface area contributed by atoms with Crippen LogP contribution in [0.1, 0.15) is 22.8 Å². The molecule has 0 atom stereocenters. The number of carbonyl (C=O) groups is 1. The number of likely N-dealkylation sites (tertiary alicyclic amines) is 1. The Labute approximate surface area is 221 Å². The zero-order chi connectivity index (χ0) is 26.2. The van der Waals surface area contributed by atoms with Gasteiger partial charge >= 0.3 is 0 Å². The summed E-state index contributed by atoms with van der Waals surface area (Å²) in [5, 5.41) is 20.4. The summed E-state index contributed by atoms with van der Waals surface area (Å²) in [5.41, 5.74) is 6.94. The number of nitriles is 1. The van der Waals surface area contributed by atoms with Gasteiger partial charge in [0.2, 0.25) is 0 Å². The van der Waals surface area contributed by atoms with Crippen LogP contribution in [-0.2, 0) is 0 Å². The van der Waals surface area contributed by atoms with E-state index in [1.54, 1.807) is 4.90 Å². The average Bonchev–Trinajstić information content (AvgIpc) is 3.38. The zero-order valence-electron chi connectivity index (χ0n) is 21.4. The number of carbonyl (C=O) groups excluding carboxylic acids is 1. The van der Waals surface area contributed by atoms with E-state index in [0.29, 0.717) is 24.2 Å². The van der Waals surface area contributed by atoms with Crippen LogP contribution in [0.15, 0.2) is 60.9 Å². The fourth-order valence-corrected chi connectivity index (χ4v) is 5.38. The lowest BCUT2D eigenvalue weighted by molar-refractivity contribution is 0.00590. The molecule has 2 aromatic heterocycles. The number of anilines is 1. The van der Waals surface area contributed by atoms with Crippen molar-refractivity contribution in [2.45, 2.75) is 13.0 Å². The molecule has 6 rings (SSSR count). The molecular formula is C30H30N6O2. The van der Waals surface area contributed by atoms with Crippen molar-refractivity contribution in [1.82, 2.24) is 19.8 Å². The van der Waals surface area contributed by atoms with Crippen LogP contribution in [0.2, 0.25) is 0 Å². The first-order valence-electron chi connectivity index (χ1n) is 13.1. The summed E-state index contributed by atoms with van der Waals surface area (Å²) in [6.07, 6.45) is 3.36. The van der Waals surface area contributed by atoms with E-state index in [4.69, 9.17) is 0 Å². The van der Waals surface area contributed by atoms with Crippen molar-refractivity contribution < 1.29 is 9.90 Å². The van der Waals surface area contributed by atoms with Crippen LogP contribution in [-0.4, -0.2) is 82.7 Å². The van der Waals surface area contributed by atoms with Crippen molar-refractivity contribution in [3.63, 3.8) is 0 Å². The van der Waals surface area contributed by atoms with Crippen LogP contribution in [0, 0.1) is 11.3 Å². The minimum Gasteiger partial charge on any atom is -0.389 e. The molecule has 2 N–H and O–H groups in total. The van der Waals surface area contributed by atoms with E-state index in [-0.39, 0.29) is 5.91 Å². The molecule has 8 nitrogen and oxygen atoms in total. The Kier molecular flexibility index (Phi) is 6.32. The Balaban J connectivity index is 1.27. The van der Waals surface area contributed by atoms with Crippen LogP contribution < -0.4 is 4.90 Å². The molecule has 38 heavy (non-hydrogen) atoms. The number of aromatic nitrogens is 2. The average molecular weight is 507 g/mol. The Hall–Kier alpha value is -4.19. The normalized spacial score (nSPS) is 16.4. The quantitative estimate of drug-likeness (QED) is 0.428. The van der Waals surface area contributed by atoms with Gasteiger partial charge in [-0.2, -0.15) is 5.26 Å². The number of aliphatic hydroxyl groups is 1. The van der Waals surface area contributed by atoms with Gasteiger partial charge in [-0.25, -0.2) is 4.98 Å². The third-order valence-electron chi connectivity index (χ3n) is 7.73. The third-order valence-corrected chi connectivity index (χ3v) is 7.73. The number of rotatable bonds is 5. The second kappa shape index (κ2) is 9.93. The lowest BCUT2D eigenvalue weighted by Gasteiger charge is -2.36. The first-order valence-corrected chi connectivity index (χ1v) is 13.1. The summed E-state index contributed by atoms with van der Waals surface area (Å²) < 4.78 is 0. The van der Waals surface area contributed by atoms with Gasteiger partial charge in [0.1, 0.15) is 11.7 Å². The molecule has 2 saturated heterocycles. The lowest BCUT2D eigenvalue weighted by atomic mass is 9.99. The summed E-state index contributed by atoms with van der Waals surface area (Å²) >= 11 is 0. The molecule has 0 saturated carbocycles. The molecule has 4 heterocycles. The van der Waals surface area contributed by atoms with Crippen molar-refractivity contribution in [2.75, 3.05) is 50.7 Å². The van der Waals surface area contributed by atoms with Gasteiger partial charge in [0, 0.05) is 73.7 Å². The van der Waals surface area contributed by atoms with E-state index < -0.39 is 6.10 Å². The second-order valence-electron chi connectivity index (χ2n) is 10.0. The number of aliphatic hydroxyl groups excluding tert-OH is 1. The van der Waals surface area contributed by atoms with Crippen LogP contribution in [0.5, 0.6) is 0 Å². The van der Waals surface area contributed by atoms with Crippen LogP contribution >= 0.6 is 0 Å². The number of fused-ring (bicyclic) bond motifs is 1. The zero-order valence-corrected chi connectivity index (χ0v) is 21.4. The summed E-state index contributed by atoms with van der Waals surface area (Å²) in [7, 11) is 0. The minimum absolute atomic E-state index is 0.0614. The maximum absolute atomic E-state index is 12.6. The molecule has 1 amide bonds. The van der Waals surface area contributed by atoms with E-state index in [2.05, 4.69) is 51.0 Å². The highest BCUT2D eigenvalue weighted by Crippen LogP contribution is 2.33. The maximum Gasteiger partial charge on any atom is 0.254 e. The number of piperazine rings is 1. The van der Waals surface area contributed by atoms with Gasteiger partial charge in [0.05, 0.1) is 17.4 Å². The summed E-state index contributed by atoms with van der Waals surface area (Å²) in [4.78, 5) is 26.8. The number of nitrogens with zero attached hydrogens (tertiary/aromatic N) is 5. The number of amides is 1. The standard InChI is InChI=1S/C30H30N6O2/c1-2-34-9-11-35(12-10-34)28-8-7-22(13-23(28)15-31)24-14-26-27(17-33-29(26)32-16-24)20-3-5-21(6-4-20)30(38)36-18-25(37)19-36/h3-8,13-14,16-17,25,37H,2,9-12,18-19H2,1H3,(H,32,33). The number of likely N-dealkylation sites (N-methyl/N-ethyl adjacent to an activating group) is 1. The van der Waals surface area contributed by atoms with Crippen molar-refractivity contribution in [3.05, 3.63) is 72.1 Å². The molecule has 8 heteroatoms. The number of aromatic amines is 1. The van der Waals surface area contributed by atoms with E-state index >= 15 is 0 Å².